The largest absolute Gasteiger partial charge is 3.00 e. The van der Waals surface area contributed by atoms with Crippen LogP contribution in [0, 0.1) is 0 Å². The van der Waals surface area contributed by atoms with E-state index in [4.69, 9.17) is 0 Å². The summed E-state index contributed by atoms with van der Waals surface area (Å²) in [4.78, 5) is 4.67. The molecule has 3 aliphatic rings. The molecule has 1 aliphatic carbocycles. The molecule has 2 aromatic carbocycles. The van der Waals surface area contributed by atoms with Gasteiger partial charge in [0.05, 0.1) is 5.70 Å². The normalized spacial score (nSPS) is 17.5. The second kappa shape index (κ2) is 8.39. The monoisotopic (exact) mass is 462 g/mol. The number of fused-ring (bicyclic) bond motifs is 1. The number of benzene rings is 1. The molecule has 1 nitrogen and oxygen atoms in total. The van der Waals surface area contributed by atoms with Crippen LogP contribution in [0.3, 0.4) is 0 Å². The number of nitrogens with zero attached hydrogens (tertiary/aromatic N) is 1. The Balaban J connectivity index is 0.000000234. The van der Waals surface area contributed by atoms with Crippen LogP contribution in [-0.2, 0) is 26.2 Å². The fraction of sp³-hybridized carbons (Fsp3) is 0.200. The maximum Gasteiger partial charge on any atom is 3.00 e. The first kappa shape index (κ1) is 22.4. The first-order chi connectivity index (χ1) is 10.6. The fourth-order valence-electron chi connectivity index (χ4n) is 3.76. The van der Waals surface area contributed by atoms with E-state index in [2.05, 4.69) is 79.6 Å². The van der Waals surface area contributed by atoms with E-state index in [0.717, 1.165) is 6.42 Å². The van der Waals surface area contributed by atoms with Crippen molar-refractivity contribution in [2.75, 3.05) is 0 Å². The summed E-state index contributed by atoms with van der Waals surface area (Å²) in [5.74, 6) is 0. The molecule has 0 spiro atoms. The average Bonchev–Trinajstić information content (AvgIpc) is 3.18. The Hall–Kier alpha value is -0.600. The molecule has 0 amide bonds. The average molecular weight is 465 g/mol. The maximum atomic E-state index is 4.67. The van der Waals surface area contributed by atoms with Gasteiger partial charge in [0, 0.05) is 11.3 Å². The minimum absolute atomic E-state index is 0. The number of allylic oxidation sites excluding steroid dienone is 4. The van der Waals surface area contributed by atoms with E-state index in [1.165, 1.54) is 27.8 Å². The van der Waals surface area contributed by atoms with Crippen LogP contribution in [0.25, 0.3) is 10.8 Å². The molecule has 2 aliphatic heterocycles. The van der Waals surface area contributed by atoms with Crippen molar-refractivity contribution in [1.82, 2.24) is 0 Å². The molecule has 0 fully saturated rings. The molecule has 25 heavy (non-hydrogen) atoms. The van der Waals surface area contributed by atoms with E-state index in [1.54, 1.807) is 10.4 Å². The first-order valence-corrected chi connectivity index (χ1v) is 11.0. The van der Waals surface area contributed by atoms with Gasteiger partial charge in [-0.25, -0.2) is 0 Å². The molecule has 0 atom stereocenters. The van der Waals surface area contributed by atoms with Crippen LogP contribution >= 0.6 is 0 Å². The summed E-state index contributed by atoms with van der Waals surface area (Å²) < 4.78 is 0. The van der Waals surface area contributed by atoms with Crippen molar-refractivity contribution >= 4 is 24.6 Å². The van der Waals surface area contributed by atoms with Gasteiger partial charge in [-0.15, -0.1) is 29.7 Å². The van der Waals surface area contributed by atoms with Crippen LogP contribution in [0.5, 0.6) is 0 Å². The molecule has 5 rings (SSSR count). The molecular weight excluding hydrogens is 444 g/mol. The van der Waals surface area contributed by atoms with E-state index in [-0.39, 0.29) is 51.0 Å². The van der Waals surface area contributed by atoms with Gasteiger partial charge in [0.25, 0.3) is 0 Å². The van der Waals surface area contributed by atoms with Gasteiger partial charge >= 0.3 is 26.2 Å². The third kappa shape index (κ3) is 3.49. The molecule has 127 valence electrons. The van der Waals surface area contributed by atoms with E-state index < -0.39 is 8.07 Å². The zero-order chi connectivity index (χ0) is 15.3. The molecule has 0 saturated heterocycles. The van der Waals surface area contributed by atoms with E-state index in [0.29, 0.717) is 0 Å². The Labute approximate surface area is 182 Å². The second-order valence-electron chi connectivity index (χ2n) is 6.57. The summed E-state index contributed by atoms with van der Waals surface area (Å²) in [7, 11) is -1.19. The molecule has 5 heteroatoms. The predicted molar refractivity (Wildman–Crippen MR) is 97.9 cm³/mol. The van der Waals surface area contributed by atoms with Crippen LogP contribution in [0.4, 0.5) is 0 Å². The third-order valence-electron chi connectivity index (χ3n) is 4.91. The van der Waals surface area contributed by atoms with Gasteiger partial charge in [0.15, 0.2) is 0 Å². The van der Waals surface area contributed by atoms with Gasteiger partial charge in [0.2, 0.25) is 0 Å². The first-order valence-electron chi connectivity index (χ1n) is 7.99. The standard InChI is InChI=1S/C11H13NSi.C9H7.2ClH.Zr/c1-4-7-11-10-8(12-7)5-6-9(10)13(11,2)3;1-2-5-9-7-3-6-8(9)4-1;;;/h5-6H,4H2,1-3H3;1-7H;2*1H;/q;-1;;;+3/p-2. The van der Waals surface area contributed by atoms with Crippen LogP contribution in [0.1, 0.15) is 13.3 Å². The molecule has 2 aromatic rings. The topological polar surface area (TPSA) is 12.4 Å². The third-order valence-corrected chi connectivity index (χ3v) is 8.46. The zero-order valence-electron chi connectivity index (χ0n) is 14.6. The summed E-state index contributed by atoms with van der Waals surface area (Å²) in [5.41, 5.74) is 4.12. The van der Waals surface area contributed by atoms with Crippen molar-refractivity contribution in [2.24, 2.45) is 4.99 Å². The number of hydrogen-bond donors (Lipinski definition) is 0. The van der Waals surface area contributed by atoms with Crippen molar-refractivity contribution < 1.29 is 51.0 Å². The molecule has 2 heterocycles. The molecule has 0 bridgehead atoms. The van der Waals surface area contributed by atoms with Crippen molar-refractivity contribution in [1.29, 1.82) is 0 Å². The summed E-state index contributed by atoms with van der Waals surface area (Å²) in [6.45, 7) is 7.08. The van der Waals surface area contributed by atoms with Gasteiger partial charge in [-0.2, -0.15) is 17.5 Å². The Morgan fingerprint density at radius 3 is 2.44 bits per heavy atom. The quantitative estimate of drug-likeness (QED) is 0.393. The molecule has 0 N–H and O–H groups in total. The number of halogens is 2. The van der Waals surface area contributed by atoms with Crippen LogP contribution in [-0.4, -0.2) is 13.8 Å². The van der Waals surface area contributed by atoms with Crippen molar-refractivity contribution in [3.8, 4) is 0 Å². The van der Waals surface area contributed by atoms with Gasteiger partial charge < -0.3 is 24.8 Å². The SMILES string of the molecule is CCC1=NC2=CC=C3C2=C1[Si]3(C)C.[Cl-].[Cl-].[Zr+3].c1ccc2[cH-]ccc2c1. The van der Waals surface area contributed by atoms with E-state index in [1.807, 2.05) is 0 Å². The molecule has 0 saturated carbocycles. The van der Waals surface area contributed by atoms with Gasteiger partial charge in [-0.1, -0.05) is 32.2 Å². The summed E-state index contributed by atoms with van der Waals surface area (Å²) in [6, 6.07) is 14.7. The van der Waals surface area contributed by atoms with Gasteiger partial charge in [0.1, 0.15) is 8.07 Å². The summed E-state index contributed by atoms with van der Waals surface area (Å²) in [5, 5.41) is 5.93. The van der Waals surface area contributed by atoms with Gasteiger partial charge in [-0.3, -0.25) is 4.99 Å². The Bertz CT molecular complexity index is 873. The predicted octanol–water partition coefficient (Wildman–Crippen LogP) is -0.664. The number of rotatable bonds is 1. The minimum atomic E-state index is -1.19. The van der Waals surface area contributed by atoms with E-state index in [9.17, 15) is 0 Å². The molecular formula is C20H20Cl2NSiZr. The minimum Gasteiger partial charge on any atom is -1.00 e. The maximum absolute atomic E-state index is 4.67. The summed E-state index contributed by atoms with van der Waals surface area (Å²) in [6.07, 6.45) is 5.57. The van der Waals surface area contributed by atoms with Crippen LogP contribution < -0.4 is 24.8 Å². The smallest absolute Gasteiger partial charge is 1.00 e. The fourth-order valence-corrected chi connectivity index (χ4v) is 7.06. The molecule has 0 unspecified atom stereocenters. The van der Waals surface area contributed by atoms with Crippen molar-refractivity contribution in [3.05, 3.63) is 76.3 Å². The van der Waals surface area contributed by atoms with Crippen LogP contribution in [0.15, 0.2) is 81.3 Å². The Kier molecular flexibility index (Phi) is 7.53. The van der Waals surface area contributed by atoms with Gasteiger partial charge in [-0.05, 0) is 22.9 Å². The number of aliphatic imine (C=N–C) groups is 1. The Morgan fingerprint density at radius 1 is 1.04 bits per heavy atom. The van der Waals surface area contributed by atoms with Crippen molar-refractivity contribution in [2.45, 2.75) is 26.4 Å². The summed E-state index contributed by atoms with van der Waals surface area (Å²) >= 11 is 0. The molecule has 1 radical (unpaired) electrons. The molecule has 0 aromatic heterocycles. The zero-order valence-corrected chi connectivity index (χ0v) is 19.6. The Morgan fingerprint density at radius 2 is 1.76 bits per heavy atom. The number of hydrogen-bond acceptors (Lipinski definition) is 1. The van der Waals surface area contributed by atoms with Crippen molar-refractivity contribution in [3.63, 3.8) is 0 Å². The van der Waals surface area contributed by atoms with Crippen LogP contribution in [0.2, 0.25) is 13.1 Å². The van der Waals surface area contributed by atoms with E-state index >= 15 is 0 Å². The second-order valence-corrected chi connectivity index (χ2v) is 10.9.